The molecular formula is C7H16NO+. The van der Waals surface area contributed by atoms with E-state index in [1.807, 2.05) is 21.1 Å². The van der Waals surface area contributed by atoms with E-state index in [0.29, 0.717) is 0 Å². The molecule has 0 saturated carbocycles. The molecule has 0 heterocycles. The van der Waals surface area contributed by atoms with Crippen LogP contribution in [-0.4, -0.2) is 43.4 Å². The summed E-state index contributed by atoms with van der Waals surface area (Å²) < 4.78 is 0.771. The molecule has 0 aliphatic rings. The molecule has 0 radical (unpaired) electrons. The van der Waals surface area contributed by atoms with Gasteiger partial charge < -0.3 is 9.59 Å². The predicted molar refractivity (Wildman–Crippen MR) is 39.1 cm³/mol. The number of hydrogen-bond donors (Lipinski definition) is 1. The van der Waals surface area contributed by atoms with Crippen molar-refractivity contribution >= 4 is 0 Å². The molecule has 9 heavy (non-hydrogen) atoms. The lowest BCUT2D eigenvalue weighted by molar-refractivity contribution is -0.872. The van der Waals surface area contributed by atoms with Crippen LogP contribution >= 0.6 is 0 Å². The summed E-state index contributed by atoms with van der Waals surface area (Å²) in [6, 6.07) is 0. The Balaban J connectivity index is 3.59. The molecule has 0 bridgehead atoms. The third-order valence-corrected chi connectivity index (χ3v) is 1.01. The quantitative estimate of drug-likeness (QED) is 0.428. The van der Waals surface area contributed by atoms with Crippen LogP contribution in [0.3, 0.4) is 0 Å². The molecule has 1 atom stereocenters. The van der Waals surface area contributed by atoms with Gasteiger partial charge in [-0.05, 0) is 0 Å². The van der Waals surface area contributed by atoms with Crippen LogP contribution in [0, 0.1) is 0 Å². The summed E-state index contributed by atoms with van der Waals surface area (Å²) in [7, 11) is 6.10. The van der Waals surface area contributed by atoms with Crippen LogP contribution in [0.4, 0.5) is 0 Å². The molecule has 0 fully saturated rings. The van der Waals surface area contributed by atoms with E-state index >= 15 is 0 Å². The minimum atomic E-state index is -0.370. The molecule has 0 aliphatic carbocycles. The van der Waals surface area contributed by atoms with Crippen molar-refractivity contribution in [3.8, 4) is 0 Å². The van der Waals surface area contributed by atoms with Gasteiger partial charge in [0, 0.05) is 0 Å². The average molecular weight is 130 g/mol. The second-order valence-corrected chi connectivity index (χ2v) is 3.28. The molecule has 0 aromatic rings. The Labute approximate surface area is 57.0 Å². The molecule has 1 N–H and O–H groups in total. The van der Waals surface area contributed by atoms with Gasteiger partial charge in [-0.2, -0.15) is 0 Å². The van der Waals surface area contributed by atoms with Crippen LogP contribution in [0.2, 0.25) is 0 Å². The first-order valence-corrected chi connectivity index (χ1v) is 3.07. The van der Waals surface area contributed by atoms with Crippen molar-refractivity contribution in [2.75, 3.05) is 27.7 Å². The van der Waals surface area contributed by atoms with Gasteiger partial charge in [-0.3, -0.25) is 0 Å². The molecule has 54 valence electrons. The fraction of sp³-hybridized carbons (Fsp3) is 0.714. The minimum absolute atomic E-state index is 0.370. The second-order valence-electron chi connectivity index (χ2n) is 3.28. The summed E-state index contributed by atoms with van der Waals surface area (Å²) in [6.45, 7) is 4.21. The zero-order valence-electron chi connectivity index (χ0n) is 6.46. The van der Waals surface area contributed by atoms with Gasteiger partial charge in [0.05, 0.1) is 21.1 Å². The number of aliphatic hydroxyl groups excluding tert-OH is 1. The van der Waals surface area contributed by atoms with Gasteiger partial charge in [0.15, 0.2) is 0 Å². The number of hydrogen-bond acceptors (Lipinski definition) is 1. The summed E-state index contributed by atoms with van der Waals surface area (Å²) in [5, 5.41) is 9.06. The second kappa shape index (κ2) is 2.99. The van der Waals surface area contributed by atoms with Crippen LogP contribution in [0.5, 0.6) is 0 Å². The fourth-order valence-corrected chi connectivity index (χ4v) is 0.636. The van der Waals surface area contributed by atoms with E-state index in [1.54, 1.807) is 6.08 Å². The smallest absolute Gasteiger partial charge is 0.121 e. The number of likely N-dealkylation sites (N-methyl/N-ethyl adjacent to an activating group) is 1. The molecule has 0 saturated heterocycles. The SMILES string of the molecule is C=C[C@@H](O)C[N+](C)(C)C. The van der Waals surface area contributed by atoms with Crippen molar-refractivity contribution < 1.29 is 9.59 Å². The highest BCUT2D eigenvalue weighted by molar-refractivity contribution is 4.76. The number of rotatable bonds is 3. The molecule has 0 unspecified atom stereocenters. The maximum absolute atomic E-state index is 9.06. The number of nitrogens with zero attached hydrogens (tertiary/aromatic N) is 1. The largest absolute Gasteiger partial charge is 0.383 e. The van der Waals surface area contributed by atoms with Crippen molar-refractivity contribution in [3.05, 3.63) is 12.7 Å². The zero-order chi connectivity index (χ0) is 7.49. The Bertz CT molecular complexity index is 93.6. The third-order valence-electron chi connectivity index (χ3n) is 1.01. The Morgan fingerprint density at radius 2 is 2.00 bits per heavy atom. The van der Waals surface area contributed by atoms with E-state index in [9.17, 15) is 0 Å². The average Bonchev–Trinajstić information content (AvgIpc) is 1.62. The van der Waals surface area contributed by atoms with Gasteiger partial charge in [0.2, 0.25) is 0 Å². The topological polar surface area (TPSA) is 20.2 Å². The van der Waals surface area contributed by atoms with Crippen LogP contribution in [0.1, 0.15) is 0 Å². The molecule has 0 aromatic carbocycles. The molecule has 0 amide bonds. The molecule has 2 heteroatoms. The van der Waals surface area contributed by atoms with Gasteiger partial charge in [-0.25, -0.2) is 0 Å². The maximum Gasteiger partial charge on any atom is 0.121 e. The van der Waals surface area contributed by atoms with Crippen molar-refractivity contribution in [1.82, 2.24) is 0 Å². The highest BCUT2D eigenvalue weighted by Gasteiger charge is 2.10. The van der Waals surface area contributed by atoms with Gasteiger partial charge in [0.1, 0.15) is 12.6 Å². The summed E-state index contributed by atoms with van der Waals surface area (Å²) in [6.07, 6.45) is 1.19. The first kappa shape index (κ1) is 8.66. The van der Waals surface area contributed by atoms with E-state index in [1.165, 1.54) is 0 Å². The standard InChI is InChI=1S/C7H16NO/c1-5-7(9)6-8(2,3)4/h5,7,9H,1,6H2,2-4H3/q+1/t7-/m1/s1. The summed E-state index contributed by atoms with van der Waals surface area (Å²) >= 11 is 0. The van der Waals surface area contributed by atoms with E-state index < -0.39 is 0 Å². The van der Waals surface area contributed by atoms with Gasteiger partial charge >= 0.3 is 0 Å². The lowest BCUT2D eigenvalue weighted by Gasteiger charge is -2.25. The number of aliphatic hydroxyl groups is 1. The lowest BCUT2D eigenvalue weighted by Crippen LogP contribution is -2.40. The third kappa shape index (κ3) is 5.53. The lowest BCUT2D eigenvalue weighted by atomic mass is 10.3. The van der Waals surface area contributed by atoms with Crippen molar-refractivity contribution in [2.45, 2.75) is 6.10 Å². The molecule has 0 rings (SSSR count). The fourth-order valence-electron chi connectivity index (χ4n) is 0.636. The van der Waals surface area contributed by atoms with Crippen LogP contribution in [0.15, 0.2) is 12.7 Å². The van der Waals surface area contributed by atoms with E-state index in [0.717, 1.165) is 11.0 Å². The Morgan fingerprint density at radius 3 is 2.11 bits per heavy atom. The molecule has 0 aromatic heterocycles. The Kier molecular flexibility index (Phi) is 2.88. The molecule has 0 spiro atoms. The first-order chi connectivity index (χ1) is 3.95. The summed E-state index contributed by atoms with van der Waals surface area (Å²) in [5.41, 5.74) is 0. The zero-order valence-corrected chi connectivity index (χ0v) is 6.46. The minimum Gasteiger partial charge on any atom is -0.383 e. The van der Waals surface area contributed by atoms with Crippen LogP contribution < -0.4 is 0 Å². The highest BCUT2D eigenvalue weighted by atomic mass is 16.3. The van der Waals surface area contributed by atoms with E-state index in [2.05, 4.69) is 6.58 Å². The highest BCUT2D eigenvalue weighted by Crippen LogP contribution is 1.94. The predicted octanol–water partition coefficient (Wildman–Crippen LogP) is 0.239. The van der Waals surface area contributed by atoms with Gasteiger partial charge in [-0.15, -0.1) is 6.58 Å². The van der Waals surface area contributed by atoms with Crippen molar-refractivity contribution in [2.24, 2.45) is 0 Å². The summed E-state index contributed by atoms with van der Waals surface area (Å²) in [4.78, 5) is 0. The van der Waals surface area contributed by atoms with Crippen molar-refractivity contribution in [3.63, 3.8) is 0 Å². The first-order valence-electron chi connectivity index (χ1n) is 3.07. The van der Waals surface area contributed by atoms with Crippen molar-refractivity contribution in [1.29, 1.82) is 0 Å². The number of quaternary nitrogens is 1. The van der Waals surface area contributed by atoms with Gasteiger partial charge in [-0.1, -0.05) is 6.08 Å². The Morgan fingerprint density at radius 1 is 1.56 bits per heavy atom. The van der Waals surface area contributed by atoms with Crippen LogP contribution in [-0.2, 0) is 0 Å². The monoisotopic (exact) mass is 130 g/mol. The van der Waals surface area contributed by atoms with E-state index in [-0.39, 0.29) is 6.10 Å². The maximum atomic E-state index is 9.06. The van der Waals surface area contributed by atoms with Gasteiger partial charge in [0.25, 0.3) is 0 Å². The molecule has 0 aliphatic heterocycles. The van der Waals surface area contributed by atoms with E-state index in [4.69, 9.17) is 5.11 Å². The van der Waals surface area contributed by atoms with Crippen LogP contribution in [0.25, 0.3) is 0 Å². The molecule has 2 nitrogen and oxygen atoms in total. The molecular weight excluding hydrogens is 114 g/mol. The normalized spacial score (nSPS) is 15.1. The summed E-state index contributed by atoms with van der Waals surface area (Å²) in [5.74, 6) is 0. The Hall–Kier alpha value is -0.340.